The lowest BCUT2D eigenvalue weighted by atomic mass is 9.88. The van der Waals surface area contributed by atoms with Gasteiger partial charge in [0.1, 0.15) is 0 Å². The average molecular weight is 279 g/mol. The summed E-state index contributed by atoms with van der Waals surface area (Å²) in [4.78, 5) is 0. The summed E-state index contributed by atoms with van der Waals surface area (Å²) in [6.45, 7) is 9.46. The van der Waals surface area contributed by atoms with E-state index in [4.69, 9.17) is 4.74 Å². The average Bonchev–Trinajstić information content (AvgIpc) is 2.70. The second-order valence-corrected chi connectivity index (χ2v) is 6.01. The summed E-state index contributed by atoms with van der Waals surface area (Å²) >= 11 is 0. The Morgan fingerprint density at radius 2 is 2.05 bits per heavy atom. The minimum atomic E-state index is 0.437. The van der Waals surface area contributed by atoms with Crippen molar-refractivity contribution < 1.29 is 4.74 Å². The number of ether oxygens (including phenoxy) is 1. The lowest BCUT2D eigenvalue weighted by Crippen LogP contribution is -2.27. The predicted molar refractivity (Wildman–Crippen MR) is 81.9 cm³/mol. The van der Waals surface area contributed by atoms with E-state index in [1.165, 1.54) is 42.6 Å². The molecule has 2 rings (SSSR count). The van der Waals surface area contributed by atoms with Crippen LogP contribution in [0, 0.1) is 19.8 Å². The first kappa shape index (κ1) is 15.5. The van der Waals surface area contributed by atoms with Crippen LogP contribution in [0.2, 0.25) is 0 Å². The lowest BCUT2D eigenvalue weighted by molar-refractivity contribution is 0.0605. The first-order valence-electron chi connectivity index (χ1n) is 7.94. The molecule has 4 nitrogen and oxygen atoms in total. The monoisotopic (exact) mass is 279 g/mol. The highest BCUT2D eigenvalue weighted by Crippen LogP contribution is 2.30. The molecule has 1 aromatic rings. The van der Waals surface area contributed by atoms with Crippen LogP contribution < -0.4 is 5.32 Å². The first-order valence-corrected chi connectivity index (χ1v) is 7.94. The number of nitrogens with zero attached hydrogens (tertiary/aromatic N) is 2. The Labute approximate surface area is 122 Å². The van der Waals surface area contributed by atoms with Crippen molar-refractivity contribution in [3.8, 4) is 0 Å². The molecule has 0 saturated carbocycles. The minimum Gasteiger partial charge on any atom is -0.381 e. The van der Waals surface area contributed by atoms with Crippen molar-refractivity contribution in [1.82, 2.24) is 15.1 Å². The Kier molecular flexibility index (Phi) is 5.61. The Hall–Kier alpha value is -0.870. The van der Waals surface area contributed by atoms with Gasteiger partial charge < -0.3 is 10.1 Å². The zero-order chi connectivity index (χ0) is 14.5. The number of hydrogen-bond donors (Lipinski definition) is 1. The van der Waals surface area contributed by atoms with Crippen LogP contribution in [0.4, 0.5) is 0 Å². The van der Waals surface area contributed by atoms with Gasteiger partial charge in [-0.05, 0) is 52.0 Å². The molecule has 0 aromatic carbocycles. The van der Waals surface area contributed by atoms with E-state index in [2.05, 4.69) is 31.2 Å². The van der Waals surface area contributed by atoms with Crippen LogP contribution >= 0.6 is 0 Å². The molecule has 1 aliphatic rings. The second kappa shape index (κ2) is 7.23. The fraction of sp³-hybridized carbons (Fsp3) is 0.812. The molecule has 0 aliphatic carbocycles. The van der Waals surface area contributed by atoms with Crippen LogP contribution in [0.3, 0.4) is 0 Å². The summed E-state index contributed by atoms with van der Waals surface area (Å²) in [6.07, 6.45) is 4.77. The van der Waals surface area contributed by atoms with Gasteiger partial charge >= 0.3 is 0 Å². The predicted octanol–water partition coefficient (Wildman–Crippen LogP) is 2.89. The van der Waals surface area contributed by atoms with Gasteiger partial charge in [0.2, 0.25) is 0 Å². The normalized spacial score (nSPS) is 18.4. The van der Waals surface area contributed by atoms with Gasteiger partial charge in [0.15, 0.2) is 0 Å². The molecule has 2 heterocycles. The van der Waals surface area contributed by atoms with Gasteiger partial charge in [-0.15, -0.1) is 0 Å². The van der Waals surface area contributed by atoms with Crippen molar-refractivity contribution in [2.75, 3.05) is 19.8 Å². The summed E-state index contributed by atoms with van der Waals surface area (Å²) < 4.78 is 7.49. The molecule has 0 spiro atoms. The van der Waals surface area contributed by atoms with Gasteiger partial charge in [-0.2, -0.15) is 5.10 Å². The third kappa shape index (κ3) is 3.61. The third-order valence-electron chi connectivity index (χ3n) is 4.46. The number of hydrogen-bond acceptors (Lipinski definition) is 3. The molecule has 20 heavy (non-hydrogen) atoms. The lowest BCUT2D eigenvalue weighted by Gasteiger charge is -2.28. The van der Waals surface area contributed by atoms with E-state index in [-0.39, 0.29) is 0 Å². The van der Waals surface area contributed by atoms with Crippen molar-refractivity contribution in [2.24, 2.45) is 13.0 Å². The maximum absolute atomic E-state index is 5.48. The molecule has 0 radical (unpaired) electrons. The molecule has 1 N–H and O–H groups in total. The fourth-order valence-electron chi connectivity index (χ4n) is 3.23. The van der Waals surface area contributed by atoms with E-state index in [0.717, 1.165) is 25.7 Å². The van der Waals surface area contributed by atoms with Crippen molar-refractivity contribution in [1.29, 1.82) is 0 Å². The fourth-order valence-corrected chi connectivity index (χ4v) is 3.23. The molecule has 1 unspecified atom stereocenters. The molecule has 1 aromatic heterocycles. The topological polar surface area (TPSA) is 39.1 Å². The number of rotatable bonds is 6. The van der Waals surface area contributed by atoms with E-state index >= 15 is 0 Å². The Morgan fingerprint density at radius 3 is 2.60 bits per heavy atom. The highest BCUT2D eigenvalue weighted by molar-refractivity contribution is 5.28. The number of nitrogens with one attached hydrogen (secondary N) is 1. The Balaban J connectivity index is 2.13. The van der Waals surface area contributed by atoms with Crippen LogP contribution in [-0.4, -0.2) is 29.5 Å². The largest absolute Gasteiger partial charge is 0.381 e. The van der Waals surface area contributed by atoms with E-state index in [1.54, 1.807) is 0 Å². The Bertz CT molecular complexity index is 422. The maximum Gasteiger partial charge on any atom is 0.0644 e. The molecule has 4 heteroatoms. The van der Waals surface area contributed by atoms with Crippen LogP contribution in [0.15, 0.2) is 0 Å². The first-order chi connectivity index (χ1) is 9.63. The quantitative estimate of drug-likeness (QED) is 0.870. The van der Waals surface area contributed by atoms with Gasteiger partial charge in [0.25, 0.3) is 0 Å². The number of aromatic nitrogens is 2. The molecule has 1 aliphatic heterocycles. The summed E-state index contributed by atoms with van der Waals surface area (Å²) in [5.41, 5.74) is 3.88. The third-order valence-corrected chi connectivity index (χ3v) is 4.46. The molecule has 1 atom stereocenters. The van der Waals surface area contributed by atoms with Crippen molar-refractivity contribution in [3.63, 3.8) is 0 Å². The van der Waals surface area contributed by atoms with Crippen LogP contribution in [0.1, 0.15) is 55.6 Å². The second-order valence-electron chi connectivity index (χ2n) is 6.01. The smallest absolute Gasteiger partial charge is 0.0644 e. The van der Waals surface area contributed by atoms with Gasteiger partial charge in [0, 0.05) is 37.6 Å². The van der Waals surface area contributed by atoms with Crippen LogP contribution in [0.5, 0.6) is 0 Å². The summed E-state index contributed by atoms with van der Waals surface area (Å²) in [6, 6.07) is 0.437. The van der Waals surface area contributed by atoms with E-state index in [9.17, 15) is 0 Å². The van der Waals surface area contributed by atoms with E-state index in [0.29, 0.717) is 6.04 Å². The summed E-state index contributed by atoms with van der Waals surface area (Å²) in [5.74, 6) is 0.775. The Morgan fingerprint density at radius 1 is 1.35 bits per heavy atom. The molecule has 0 amide bonds. The number of aryl methyl sites for hydroxylation is 2. The molecule has 114 valence electrons. The highest BCUT2D eigenvalue weighted by Gasteiger charge is 2.24. The SMILES string of the molecule is CCCNC(CC1CCOCC1)c1c(C)nn(C)c1C. The van der Waals surface area contributed by atoms with Crippen molar-refractivity contribution >= 4 is 0 Å². The van der Waals surface area contributed by atoms with Crippen molar-refractivity contribution in [3.05, 3.63) is 17.0 Å². The van der Waals surface area contributed by atoms with Crippen LogP contribution in [0.25, 0.3) is 0 Å². The van der Waals surface area contributed by atoms with E-state index in [1.807, 2.05) is 11.7 Å². The van der Waals surface area contributed by atoms with Gasteiger partial charge in [-0.3, -0.25) is 4.68 Å². The zero-order valence-electron chi connectivity index (χ0n) is 13.4. The van der Waals surface area contributed by atoms with E-state index < -0.39 is 0 Å². The molecular weight excluding hydrogens is 250 g/mol. The molecule has 0 bridgehead atoms. The van der Waals surface area contributed by atoms with Gasteiger partial charge in [-0.1, -0.05) is 6.92 Å². The minimum absolute atomic E-state index is 0.437. The highest BCUT2D eigenvalue weighted by atomic mass is 16.5. The summed E-state index contributed by atoms with van der Waals surface area (Å²) in [5, 5.41) is 8.32. The maximum atomic E-state index is 5.48. The standard InChI is InChI=1S/C16H29N3O/c1-5-8-17-15(11-14-6-9-20-10-7-14)16-12(2)18-19(4)13(16)3/h14-15,17H,5-11H2,1-4H3. The van der Waals surface area contributed by atoms with Crippen molar-refractivity contribution in [2.45, 2.75) is 52.5 Å². The van der Waals surface area contributed by atoms with Crippen LogP contribution in [-0.2, 0) is 11.8 Å². The summed E-state index contributed by atoms with van der Waals surface area (Å²) in [7, 11) is 2.04. The molecular formula is C16H29N3O. The molecule has 1 fully saturated rings. The zero-order valence-corrected chi connectivity index (χ0v) is 13.4. The van der Waals surface area contributed by atoms with Gasteiger partial charge in [-0.25, -0.2) is 0 Å². The molecule has 1 saturated heterocycles. The van der Waals surface area contributed by atoms with Gasteiger partial charge in [0.05, 0.1) is 5.69 Å².